The molecule has 0 radical (unpaired) electrons. The maximum absolute atomic E-state index is 13.0. The molecule has 0 saturated heterocycles. The van der Waals surface area contributed by atoms with Crippen LogP contribution in [0.2, 0.25) is 0 Å². The molecule has 3 aromatic heterocycles. The number of anilines is 1. The van der Waals surface area contributed by atoms with Crippen LogP contribution < -0.4 is 5.32 Å². The average molecular weight is 526 g/mol. The molecular formula is C25H22F3N7OS. The van der Waals surface area contributed by atoms with Crippen LogP contribution in [-0.2, 0) is 23.8 Å². The molecule has 1 amide bonds. The van der Waals surface area contributed by atoms with Crippen LogP contribution in [0.1, 0.15) is 28.3 Å². The Balaban J connectivity index is 1.37. The van der Waals surface area contributed by atoms with Crippen LogP contribution in [0.4, 0.5) is 18.9 Å². The van der Waals surface area contributed by atoms with Crippen molar-refractivity contribution in [3.63, 3.8) is 0 Å². The first-order chi connectivity index (χ1) is 17.7. The number of thioether (sulfide) groups is 1. The van der Waals surface area contributed by atoms with Gasteiger partial charge in [-0.15, -0.1) is 5.10 Å². The SMILES string of the molecule is Cc1n[nH]c(C)c1CCc1nc2c3ccccc3nc(SCC(=O)Nc3cccc(C(F)(F)F)c3)n2n1. The summed E-state index contributed by atoms with van der Waals surface area (Å²) in [7, 11) is 0. The maximum atomic E-state index is 13.0. The van der Waals surface area contributed by atoms with Crippen molar-refractivity contribution in [2.45, 2.75) is 38.0 Å². The zero-order valence-corrected chi connectivity index (χ0v) is 20.7. The van der Waals surface area contributed by atoms with Gasteiger partial charge in [0, 0.05) is 23.2 Å². The lowest BCUT2D eigenvalue weighted by molar-refractivity contribution is -0.137. The van der Waals surface area contributed by atoms with E-state index in [1.54, 1.807) is 4.52 Å². The third kappa shape index (κ3) is 5.29. The smallest absolute Gasteiger partial charge is 0.325 e. The monoisotopic (exact) mass is 525 g/mol. The van der Waals surface area contributed by atoms with Gasteiger partial charge in [-0.25, -0.2) is 9.97 Å². The molecule has 0 saturated carbocycles. The Hall–Kier alpha value is -3.93. The van der Waals surface area contributed by atoms with Crippen LogP contribution >= 0.6 is 11.8 Å². The molecule has 0 unspecified atom stereocenters. The largest absolute Gasteiger partial charge is 0.416 e. The minimum absolute atomic E-state index is 0.0702. The Morgan fingerprint density at radius 1 is 1.08 bits per heavy atom. The summed E-state index contributed by atoms with van der Waals surface area (Å²) in [6.45, 7) is 3.93. The fraction of sp³-hybridized carbons (Fsp3) is 0.240. The molecule has 0 atom stereocenters. The highest BCUT2D eigenvalue weighted by Crippen LogP contribution is 2.31. The van der Waals surface area contributed by atoms with Gasteiger partial charge in [-0.05, 0) is 56.2 Å². The molecule has 5 aromatic rings. The van der Waals surface area contributed by atoms with Gasteiger partial charge >= 0.3 is 6.18 Å². The second-order valence-electron chi connectivity index (χ2n) is 8.50. The molecule has 0 aliphatic heterocycles. The Bertz CT molecular complexity index is 1590. The summed E-state index contributed by atoms with van der Waals surface area (Å²) in [5.41, 5.74) is 3.66. The highest BCUT2D eigenvalue weighted by Gasteiger charge is 2.30. The van der Waals surface area contributed by atoms with Crippen molar-refractivity contribution >= 4 is 39.9 Å². The van der Waals surface area contributed by atoms with Gasteiger partial charge in [0.15, 0.2) is 16.6 Å². The van der Waals surface area contributed by atoms with E-state index in [0.717, 1.165) is 52.7 Å². The van der Waals surface area contributed by atoms with Crippen LogP contribution in [0, 0.1) is 13.8 Å². The van der Waals surface area contributed by atoms with E-state index in [9.17, 15) is 18.0 Å². The minimum Gasteiger partial charge on any atom is -0.325 e. The van der Waals surface area contributed by atoms with Crippen LogP contribution in [0.3, 0.4) is 0 Å². The van der Waals surface area contributed by atoms with Crippen molar-refractivity contribution in [3.8, 4) is 0 Å². The van der Waals surface area contributed by atoms with Gasteiger partial charge in [0.25, 0.3) is 0 Å². The first kappa shape index (κ1) is 24.8. The van der Waals surface area contributed by atoms with Gasteiger partial charge in [-0.2, -0.15) is 22.8 Å². The van der Waals surface area contributed by atoms with Crippen molar-refractivity contribution in [2.24, 2.45) is 0 Å². The van der Waals surface area contributed by atoms with Gasteiger partial charge in [0.2, 0.25) is 5.91 Å². The van der Waals surface area contributed by atoms with E-state index in [4.69, 9.17) is 4.98 Å². The third-order valence-electron chi connectivity index (χ3n) is 5.88. The number of rotatable bonds is 7. The molecular weight excluding hydrogens is 503 g/mol. The quantitative estimate of drug-likeness (QED) is 0.225. The highest BCUT2D eigenvalue weighted by molar-refractivity contribution is 7.99. The number of benzene rings is 2. The molecule has 5 rings (SSSR count). The topological polar surface area (TPSA) is 101 Å². The molecule has 0 bridgehead atoms. The van der Waals surface area contributed by atoms with Crippen molar-refractivity contribution in [1.29, 1.82) is 0 Å². The molecule has 0 fully saturated rings. The van der Waals surface area contributed by atoms with Gasteiger partial charge in [0.1, 0.15) is 0 Å². The van der Waals surface area contributed by atoms with Crippen LogP contribution in [0.15, 0.2) is 53.7 Å². The number of hydrogen-bond acceptors (Lipinski definition) is 6. The number of halogens is 3. The van der Waals surface area contributed by atoms with Gasteiger partial charge in [-0.3, -0.25) is 9.89 Å². The van der Waals surface area contributed by atoms with Crippen LogP contribution in [-0.4, -0.2) is 41.4 Å². The predicted molar refractivity (Wildman–Crippen MR) is 135 cm³/mol. The molecule has 0 aliphatic rings. The van der Waals surface area contributed by atoms with E-state index in [0.29, 0.717) is 28.6 Å². The number of para-hydroxylation sites is 1. The van der Waals surface area contributed by atoms with E-state index >= 15 is 0 Å². The van der Waals surface area contributed by atoms with Crippen LogP contribution in [0.5, 0.6) is 0 Å². The van der Waals surface area contributed by atoms with Gasteiger partial charge in [0.05, 0.1) is 22.5 Å². The summed E-state index contributed by atoms with van der Waals surface area (Å²) < 4.78 is 40.6. The number of carbonyl (C=O) groups excluding carboxylic acids is 1. The molecule has 190 valence electrons. The van der Waals surface area contributed by atoms with Crippen molar-refractivity contribution in [3.05, 3.63) is 76.9 Å². The van der Waals surface area contributed by atoms with Crippen molar-refractivity contribution in [1.82, 2.24) is 29.8 Å². The van der Waals surface area contributed by atoms with E-state index in [-0.39, 0.29) is 11.4 Å². The second-order valence-corrected chi connectivity index (χ2v) is 9.45. The first-order valence-electron chi connectivity index (χ1n) is 11.4. The fourth-order valence-corrected chi connectivity index (χ4v) is 4.80. The molecule has 0 spiro atoms. The minimum atomic E-state index is -4.49. The second kappa shape index (κ2) is 9.85. The number of aryl methyl sites for hydroxylation is 3. The zero-order chi connectivity index (χ0) is 26.2. The van der Waals surface area contributed by atoms with E-state index in [1.165, 1.54) is 12.1 Å². The average Bonchev–Trinajstić information content (AvgIpc) is 3.44. The number of alkyl halides is 3. The number of aromatic nitrogens is 6. The first-order valence-corrected chi connectivity index (χ1v) is 12.4. The summed E-state index contributed by atoms with van der Waals surface area (Å²) in [5.74, 6) is 0.103. The van der Waals surface area contributed by atoms with Crippen molar-refractivity contribution < 1.29 is 18.0 Å². The summed E-state index contributed by atoms with van der Waals surface area (Å²) in [5, 5.41) is 15.7. The molecule has 3 heterocycles. The summed E-state index contributed by atoms with van der Waals surface area (Å²) in [4.78, 5) is 22.0. The number of aromatic amines is 1. The molecule has 2 aromatic carbocycles. The van der Waals surface area contributed by atoms with Gasteiger partial charge in [-0.1, -0.05) is 30.0 Å². The maximum Gasteiger partial charge on any atom is 0.416 e. The highest BCUT2D eigenvalue weighted by atomic mass is 32.2. The molecule has 0 aliphatic carbocycles. The normalized spacial score (nSPS) is 11.9. The molecule has 8 nitrogen and oxygen atoms in total. The Labute approximate surface area is 213 Å². The number of nitrogens with one attached hydrogen (secondary N) is 2. The number of hydrogen-bond donors (Lipinski definition) is 2. The van der Waals surface area contributed by atoms with Gasteiger partial charge < -0.3 is 5.32 Å². The lowest BCUT2D eigenvalue weighted by Crippen LogP contribution is -2.15. The van der Waals surface area contributed by atoms with Crippen molar-refractivity contribution in [2.75, 3.05) is 11.1 Å². The van der Waals surface area contributed by atoms with Crippen LogP contribution in [0.25, 0.3) is 16.6 Å². The molecule has 37 heavy (non-hydrogen) atoms. The fourth-order valence-electron chi connectivity index (χ4n) is 4.05. The number of nitrogens with zero attached hydrogens (tertiary/aromatic N) is 5. The number of carbonyl (C=O) groups is 1. The summed E-state index contributed by atoms with van der Waals surface area (Å²) >= 11 is 1.14. The van der Waals surface area contributed by atoms with E-state index in [1.807, 2.05) is 38.1 Å². The number of amides is 1. The van der Waals surface area contributed by atoms with E-state index in [2.05, 4.69) is 25.6 Å². The lowest BCUT2D eigenvalue weighted by Gasteiger charge is -2.10. The lowest BCUT2D eigenvalue weighted by atomic mass is 10.1. The van der Waals surface area contributed by atoms with E-state index < -0.39 is 17.6 Å². The predicted octanol–water partition coefficient (Wildman–Crippen LogP) is 5.15. The molecule has 12 heteroatoms. The summed E-state index contributed by atoms with van der Waals surface area (Å²) in [6, 6.07) is 12.1. The zero-order valence-electron chi connectivity index (χ0n) is 19.9. The summed E-state index contributed by atoms with van der Waals surface area (Å²) in [6.07, 6.45) is -3.18. The number of H-pyrrole nitrogens is 1. The number of fused-ring (bicyclic) bond motifs is 3. The Kier molecular flexibility index (Phi) is 6.59. The standard InChI is InChI=1S/C25H22F3N7OS/c1-14-18(15(2)33-32-14)10-11-21-31-23-19-8-3-4-9-20(19)30-24(35(23)34-21)37-13-22(36)29-17-7-5-6-16(12-17)25(26,27)28/h3-9,12H,10-11,13H2,1-2H3,(H,29,36)(H,32,33). The molecule has 2 N–H and O–H groups in total. The Morgan fingerprint density at radius 3 is 2.65 bits per heavy atom. The third-order valence-corrected chi connectivity index (χ3v) is 6.81. The Morgan fingerprint density at radius 2 is 1.89 bits per heavy atom.